The van der Waals surface area contributed by atoms with E-state index in [1.165, 1.54) is 38.5 Å². The van der Waals surface area contributed by atoms with E-state index < -0.39 is 0 Å². The third kappa shape index (κ3) is 113. The van der Waals surface area contributed by atoms with Crippen molar-refractivity contribution in [3.63, 3.8) is 0 Å². The second-order valence-electron chi connectivity index (χ2n) is 9.41. The number of hydrogen-bond acceptors (Lipinski definition) is 12. The number of nitrogens with one attached hydrogen (secondary N) is 6. The zero-order valence-corrected chi connectivity index (χ0v) is 41.8. The van der Waals surface area contributed by atoms with E-state index in [2.05, 4.69) is 223 Å². The van der Waals surface area contributed by atoms with Gasteiger partial charge in [0.15, 0.2) is 0 Å². The first-order valence-corrected chi connectivity index (χ1v) is 21.2. The molecule has 0 atom stereocenters. The summed E-state index contributed by atoms with van der Waals surface area (Å²) in [5, 5.41) is 17.4. The fourth-order valence-corrected chi connectivity index (χ4v) is 3.43. The Balaban J connectivity index is -0.0000000860. The molecule has 0 aliphatic rings. The molecule has 0 aromatic carbocycles. The minimum absolute atomic E-state index is 0. The van der Waals surface area contributed by atoms with Gasteiger partial charge in [0, 0.05) is 60.3 Å². The van der Waals surface area contributed by atoms with Gasteiger partial charge in [0.1, 0.15) is 0 Å². The minimum atomic E-state index is 0. The Bertz CT molecular complexity index is 599. The van der Waals surface area contributed by atoms with Gasteiger partial charge in [0.05, 0.1) is 0 Å². The van der Waals surface area contributed by atoms with Gasteiger partial charge < -0.3 is 181 Å². The summed E-state index contributed by atoms with van der Waals surface area (Å²) in [4.78, 5) is 0. The Labute approximate surface area is 381 Å². The summed E-state index contributed by atoms with van der Waals surface area (Å²) >= 11 is 55.4. The molecular formula is C30H60MoN6S12-6. The fraction of sp³-hybridized carbons (Fsp3) is 0.800. The normalized spacial score (nSPS) is 8.45. The molecule has 0 rings (SSSR count). The molecule has 294 valence electrons. The molecule has 0 radical (unpaired) electrons. The zero-order chi connectivity index (χ0) is 38.4. The third-order valence-corrected chi connectivity index (χ3v) is 6.53. The van der Waals surface area contributed by atoms with Gasteiger partial charge in [-0.2, -0.15) is 0 Å². The van der Waals surface area contributed by atoms with Crippen LogP contribution in [0.15, 0.2) is 0 Å². The summed E-state index contributed by atoms with van der Waals surface area (Å²) in [5.74, 6) is 0. The van der Waals surface area contributed by atoms with Gasteiger partial charge in [-0.15, -0.1) is 0 Å². The average Bonchev–Trinajstić information content (AvgIpc) is 2.99. The van der Waals surface area contributed by atoms with E-state index in [1.54, 1.807) is 0 Å². The van der Waals surface area contributed by atoms with E-state index in [0.29, 0.717) is 25.9 Å². The van der Waals surface area contributed by atoms with E-state index in [0.717, 1.165) is 77.8 Å². The molecule has 0 heterocycles. The second-order valence-corrected chi connectivity index (χ2v) is 15.9. The molecule has 0 fully saturated rings. The molecule has 0 saturated heterocycles. The van der Waals surface area contributed by atoms with Crippen LogP contribution in [-0.2, 0) is 96.8 Å². The van der Waals surface area contributed by atoms with Crippen LogP contribution in [0.3, 0.4) is 0 Å². The summed E-state index contributed by atoms with van der Waals surface area (Å²) in [6, 6.07) is 0. The Morgan fingerprint density at radius 2 is 0.408 bits per heavy atom. The average molecular weight is 986 g/mol. The van der Waals surface area contributed by atoms with Gasteiger partial charge in [-0.05, 0) is 38.5 Å². The van der Waals surface area contributed by atoms with Crippen molar-refractivity contribution in [3.8, 4) is 0 Å². The monoisotopic (exact) mass is 986 g/mol. The molecule has 19 heteroatoms. The van der Waals surface area contributed by atoms with Crippen molar-refractivity contribution in [1.82, 2.24) is 31.9 Å². The Morgan fingerprint density at radius 3 is 0.469 bits per heavy atom. The smallest absolute Gasteiger partial charge is 0.0131 e. The van der Waals surface area contributed by atoms with Crippen molar-refractivity contribution >= 4 is 175 Å². The molecule has 49 heavy (non-hydrogen) atoms. The van der Waals surface area contributed by atoms with Crippen LogP contribution in [0, 0.1) is 0 Å². The van der Waals surface area contributed by atoms with Gasteiger partial charge in [-0.3, -0.25) is 0 Å². The summed E-state index contributed by atoms with van der Waals surface area (Å²) in [6.07, 6.45) is 14.0. The zero-order valence-electron chi connectivity index (χ0n) is 30.0. The van der Waals surface area contributed by atoms with Crippen molar-refractivity contribution in [2.24, 2.45) is 0 Å². The van der Waals surface area contributed by atoms with Crippen LogP contribution in [-0.4, -0.2) is 65.2 Å². The second kappa shape index (κ2) is 61.4. The predicted molar refractivity (Wildman–Crippen MR) is 257 cm³/mol. The van der Waals surface area contributed by atoms with E-state index in [4.69, 9.17) is 0 Å². The predicted octanol–water partition coefficient (Wildman–Crippen LogP) is 7.24. The number of unbranched alkanes of at least 4 members (excludes halogenated alkanes) is 6. The Kier molecular flexibility index (Phi) is 81.7. The van der Waals surface area contributed by atoms with Gasteiger partial charge >= 0.3 is 0 Å². The summed E-state index contributed by atoms with van der Waals surface area (Å²) in [6.45, 7) is 18.4. The quantitative estimate of drug-likeness (QED) is 0.0362. The van der Waals surface area contributed by atoms with Crippen molar-refractivity contribution in [1.29, 1.82) is 0 Å². The van der Waals surface area contributed by atoms with Crippen LogP contribution >= 0.6 is 73.3 Å². The number of rotatable bonds is 18. The van der Waals surface area contributed by atoms with Crippen LogP contribution in [0.1, 0.15) is 119 Å². The molecule has 0 saturated carbocycles. The van der Waals surface area contributed by atoms with E-state index in [9.17, 15) is 0 Å². The molecule has 0 aliphatic carbocycles. The molecule has 0 bridgehead atoms. The molecule has 0 aromatic heterocycles. The van der Waals surface area contributed by atoms with E-state index in [1.807, 2.05) is 0 Å². The molecule has 0 unspecified atom stereocenters. The van der Waals surface area contributed by atoms with Gasteiger partial charge in [0.25, 0.3) is 0 Å². The van der Waals surface area contributed by atoms with E-state index >= 15 is 0 Å². The first kappa shape index (κ1) is 65.3. The molecule has 0 aliphatic heterocycles. The summed E-state index contributed by atoms with van der Waals surface area (Å²) in [7, 11) is 0. The first-order chi connectivity index (χ1) is 22.6. The van der Waals surface area contributed by atoms with Crippen LogP contribution in [0.5, 0.6) is 0 Å². The SMILES string of the molecule is CCCCNC(=S)[S-].CCCCNC(=S)[S-].CCCCNC(=S)[S-].CCCCNC(=S)[S-].CCCCNC(=S)[S-].CCCCNC(=S)[S-].[Mo]. The van der Waals surface area contributed by atoms with Crippen LogP contribution in [0.25, 0.3) is 0 Å². The van der Waals surface area contributed by atoms with Crippen LogP contribution in [0.2, 0.25) is 0 Å². The van der Waals surface area contributed by atoms with Gasteiger partial charge in [-0.25, -0.2) is 0 Å². The van der Waals surface area contributed by atoms with Crippen LogP contribution < -0.4 is 31.9 Å². The Morgan fingerprint density at radius 1 is 0.306 bits per heavy atom. The first-order valence-electron chi connectivity index (χ1n) is 16.3. The fourth-order valence-electron chi connectivity index (χ4n) is 2.20. The van der Waals surface area contributed by atoms with Crippen molar-refractivity contribution in [2.45, 2.75) is 119 Å². The molecule has 0 aromatic rings. The Hall–Kier alpha value is 1.35. The van der Waals surface area contributed by atoms with Gasteiger partial charge in [0.2, 0.25) is 0 Å². The number of thiocarbonyl (C=S) groups is 6. The number of hydrogen-bond donors (Lipinski definition) is 6. The van der Waals surface area contributed by atoms with Crippen molar-refractivity contribution in [2.75, 3.05) is 39.3 Å². The topological polar surface area (TPSA) is 72.2 Å². The van der Waals surface area contributed by atoms with Gasteiger partial charge in [-0.1, -0.05) is 106 Å². The van der Waals surface area contributed by atoms with Crippen molar-refractivity contribution < 1.29 is 21.1 Å². The maximum absolute atomic E-state index is 4.61. The largest absolute Gasteiger partial charge is 0.412 e. The molecule has 0 amide bonds. The van der Waals surface area contributed by atoms with Crippen LogP contribution in [0.4, 0.5) is 0 Å². The maximum atomic E-state index is 4.61. The minimum Gasteiger partial charge on any atom is -0.412 e. The molecule has 6 nitrogen and oxygen atoms in total. The standard InChI is InChI=1S/6C5H11NS2.Mo/c6*1-2-3-4-6-5(7)8;/h6*2-4H2,1H3,(H2,6,7,8);/p-6. The summed E-state index contributed by atoms with van der Waals surface area (Å²) in [5.41, 5.74) is 0. The molecular weight excluding hydrogens is 925 g/mol. The summed E-state index contributed by atoms with van der Waals surface area (Å²) < 4.78 is 2.91. The third-order valence-electron chi connectivity index (χ3n) is 4.80. The molecule has 6 N–H and O–H groups in total. The molecule has 0 spiro atoms. The van der Waals surface area contributed by atoms with E-state index in [-0.39, 0.29) is 21.1 Å². The van der Waals surface area contributed by atoms with Crippen molar-refractivity contribution in [3.05, 3.63) is 0 Å². The maximum Gasteiger partial charge on any atom is 0.0131 e.